The number of carboxylic acids is 1. The predicted molar refractivity (Wildman–Crippen MR) is 73.6 cm³/mol. The molecule has 2 rings (SSSR count). The van der Waals surface area contributed by atoms with E-state index in [2.05, 4.69) is 0 Å². The van der Waals surface area contributed by atoms with Crippen LogP contribution in [0.4, 0.5) is 13.2 Å². The number of nitrogens with zero attached hydrogens (tertiary/aromatic N) is 1. The molecule has 1 aliphatic rings. The number of carbonyl (C=O) groups is 1. The Balaban J connectivity index is 1.95. The topological polar surface area (TPSA) is 49.8 Å². The fourth-order valence-electron chi connectivity index (χ4n) is 2.67. The van der Waals surface area contributed by atoms with Crippen LogP contribution < -0.4 is 4.74 Å². The smallest absolute Gasteiger partial charge is 0.422 e. The van der Waals surface area contributed by atoms with Crippen molar-refractivity contribution in [2.24, 2.45) is 11.8 Å². The second-order valence-electron chi connectivity index (χ2n) is 5.67. The van der Waals surface area contributed by atoms with Gasteiger partial charge < -0.3 is 9.84 Å². The van der Waals surface area contributed by atoms with Gasteiger partial charge in [-0.05, 0) is 23.6 Å². The van der Waals surface area contributed by atoms with Crippen molar-refractivity contribution in [3.8, 4) is 5.75 Å². The SMILES string of the molecule is C[C@@H]1CN(Cc2cccc(OCC(F)(F)F)c2)C[C@H]1C(=O)O. The lowest BCUT2D eigenvalue weighted by Gasteiger charge is -2.16. The number of alkyl halides is 3. The van der Waals surface area contributed by atoms with E-state index < -0.39 is 24.7 Å². The number of ether oxygens (including phenoxy) is 1. The molecule has 1 aromatic rings. The summed E-state index contributed by atoms with van der Waals surface area (Å²) in [7, 11) is 0. The lowest BCUT2D eigenvalue weighted by Crippen LogP contribution is -2.23. The second-order valence-corrected chi connectivity index (χ2v) is 5.67. The Hall–Kier alpha value is -1.76. The van der Waals surface area contributed by atoms with Crippen LogP contribution in [-0.4, -0.2) is 41.8 Å². The van der Waals surface area contributed by atoms with Gasteiger partial charge in [0.2, 0.25) is 0 Å². The van der Waals surface area contributed by atoms with E-state index in [-0.39, 0.29) is 11.7 Å². The summed E-state index contributed by atoms with van der Waals surface area (Å²) in [6, 6.07) is 6.46. The van der Waals surface area contributed by atoms with E-state index in [0.717, 1.165) is 5.56 Å². The van der Waals surface area contributed by atoms with Crippen LogP contribution in [0.15, 0.2) is 24.3 Å². The van der Waals surface area contributed by atoms with Crippen molar-refractivity contribution in [1.29, 1.82) is 0 Å². The first-order valence-corrected chi connectivity index (χ1v) is 6.98. The van der Waals surface area contributed by atoms with Crippen LogP contribution in [0.25, 0.3) is 0 Å². The summed E-state index contributed by atoms with van der Waals surface area (Å²) in [6.07, 6.45) is -4.37. The van der Waals surface area contributed by atoms with Crippen molar-refractivity contribution < 1.29 is 27.8 Å². The molecule has 22 heavy (non-hydrogen) atoms. The van der Waals surface area contributed by atoms with Gasteiger partial charge in [-0.2, -0.15) is 13.2 Å². The van der Waals surface area contributed by atoms with Crippen molar-refractivity contribution in [3.05, 3.63) is 29.8 Å². The van der Waals surface area contributed by atoms with E-state index in [1.807, 2.05) is 11.8 Å². The largest absolute Gasteiger partial charge is 0.484 e. The fraction of sp³-hybridized carbons (Fsp3) is 0.533. The molecule has 1 saturated heterocycles. The van der Waals surface area contributed by atoms with Gasteiger partial charge >= 0.3 is 12.1 Å². The summed E-state index contributed by atoms with van der Waals surface area (Å²) in [5.74, 6) is -0.985. The van der Waals surface area contributed by atoms with Crippen molar-refractivity contribution in [3.63, 3.8) is 0 Å². The minimum absolute atomic E-state index is 0.0576. The summed E-state index contributed by atoms with van der Waals surface area (Å²) in [5, 5.41) is 9.10. The van der Waals surface area contributed by atoms with Gasteiger partial charge in [0.1, 0.15) is 5.75 Å². The Bertz CT molecular complexity index is 533. The Morgan fingerprint density at radius 1 is 1.41 bits per heavy atom. The van der Waals surface area contributed by atoms with Crippen LogP contribution in [-0.2, 0) is 11.3 Å². The zero-order chi connectivity index (χ0) is 16.3. The molecule has 2 atom stereocenters. The molecular formula is C15H18F3NO3. The zero-order valence-corrected chi connectivity index (χ0v) is 12.1. The monoisotopic (exact) mass is 317 g/mol. The molecule has 1 N–H and O–H groups in total. The number of rotatable bonds is 5. The van der Waals surface area contributed by atoms with Crippen LogP contribution in [0.5, 0.6) is 5.75 Å². The average molecular weight is 317 g/mol. The first-order valence-electron chi connectivity index (χ1n) is 6.98. The molecular weight excluding hydrogens is 299 g/mol. The highest BCUT2D eigenvalue weighted by Gasteiger charge is 2.34. The third kappa shape index (κ3) is 4.62. The van der Waals surface area contributed by atoms with Gasteiger partial charge in [0.15, 0.2) is 6.61 Å². The van der Waals surface area contributed by atoms with Gasteiger partial charge in [-0.1, -0.05) is 19.1 Å². The van der Waals surface area contributed by atoms with Crippen LogP contribution in [0, 0.1) is 11.8 Å². The number of hydrogen-bond donors (Lipinski definition) is 1. The molecule has 0 aromatic heterocycles. The molecule has 1 aliphatic heterocycles. The number of carboxylic acid groups (broad SMARTS) is 1. The molecule has 0 unspecified atom stereocenters. The maximum Gasteiger partial charge on any atom is 0.422 e. The minimum Gasteiger partial charge on any atom is -0.484 e. The van der Waals surface area contributed by atoms with Gasteiger partial charge in [-0.15, -0.1) is 0 Å². The summed E-state index contributed by atoms with van der Waals surface area (Å²) < 4.78 is 41.1. The summed E-state index contributed by atoms with van der Waals surface area (Å²) >= 11 is 0. The quantitative estimate of drug-likeness (QED) is 0.907. The van der Waals surface area contributed by atoms with E-state index in [9.17, 15) is 18.0 Å². The molecule has 1 fully saturated rings. The Morgan fingerprint density at radius 2 is 2.14 bits per heavy atom. The second kappa shape index (κ2) is 6.56. The molecule has 0 bridgehead atoms. The van der Waals surface area contributed by atoms with Crippen LogP contribution in [0.3, 0.4) is 0 Å². The molecule has 7 heteroatoms. The summed E-state index contributed by atoms with van der Waals surface area (Å²) in [4.78, 5) is 13.1. The number of halogens is 3. The van der Waals surface area contributed by atoms with Crippen LogP contribution >= 0.6 is 0 Å². The van der Waals surface area contributed by atoms with E-state index in [0.29, 0.717) is 19.6 Å². The summed E-state index contributed by atoms with van der Waals surface area (Å²) in [6.45, 7) is 2.17. The lowest BCUT2D eigenvalue weighted by atomic mass is 9.99. The normalized spacial score (nSPS) is 22.7. The third-order valence-corrected chi connectivity index (χ3v) is 3.71. The zero-order valence-electron chi connectivity index (χ0n) is 12.1. The molecule has 1 heterocycles. The third-order valence-electron chi connectivity index (χ3n) is 3.71. The Morgan fingerprint density at radius 3 is 2.73 bits per heavy atom. The fourth-order valence-corrected chi connectivity index (χ4v) is 2.67. The van der Waals surface area contributed by atoms with Crippen LogP contribution in [0.2, 0.25) is 0 Å². The molecule has 4 nitrogen and oxygen atoms in total. The van der Waals surface area contributed by atoms with Gasteiger partial charge in [0, 0.05) is 19.6 Å². The number of hydrogen-bond acceptors (Lipinski definition) is 3. The maximum absolute atomic E-state index is 12.1. The van der Waals surface area contributed by atoms with Gasteiger partial charge in [-0.3, -0.25) is 9.69 Å². The molecule has 0 aliphatic carbocycles. The number of benzene rings is 1. The van der Waals surface area contributed by atoms with Crippen LogP contribution in [0.1, 0.15) is 12.5 Å². The van der Waals surface area contributed by atoms with E-state index in [4.69, 9.17) is 9.84 Å². The minimum atomic E-state index is -4.37. The molecule has 0 radical (unpaired) electrons. The maximum atomic E-state index is 12.1. The van der Waals surface area contributed by atoms with Gasteiger partial charge in [0.05, 0.1) is 5.92 Å². The van der Waals surface area contributed by atoms with Gasteiger partial charge in [0.25, 0.3) is 0 Å². The molecule has 0 saturated carbocycles. The van der Waals surface area contributed by atoms with E-state index in [1.165, 1.54) is 6.07 Å². The Labute approximate surface area is 126 Å². The number of aliphatic carboxylic acids is 1. The highest BCUT2D eigenvalue weighted by Crippen LogP contribution is 2.26. The lowest BCUT2D eigenvalue weighted by molar-refractivity contribution is -0.153. The molecule has 0 spiro atoms. The van der Waals surface area contributed by atoms with Gasteiger partial charge in [-0.25, -0.2) is 0 Å². The summed E-state index contributed by atoms with van der Waals surface area (Å²) in [5.41, 5.74) is 0.804. The molecule has 1 aromatic carbocycles. The van der Waals surface area contributed by atoms with Crippen molar-refractivity contribution >= 4 is 5.97 Å². The Kier molecular flexibility index (Phi) is 4.95. The standard InChI is InChI=1S/C15H18F3NO3/c1-10-6-19(8-13(10)14(20)21)7-11-3-2-4-12(5-11)22-9-15(16,17)18/h2-5,10,13H,6-9H2,1H3,(H,20,21)/t10-,13-/m1/s1. The first kappa shape index (κ1) is 16.6. The van der Waals surface area contributed by atoms with E-state index >= 15 is 0 Å². The van der Waals surface area contributed by atoms with Crippen molar-refractivity contribution in [2.75, 3.05) is 19.7 Å². The van der Waals surface area contributed by atoms with E-state index in [1.54, 1.807) is 18.2 Å². The predicted octanol–water partition coefficient (Wildman–Crippen LogP) is 2.78. The van der Waals surface area contributed by atoms with Crippen molar-refractivity contribution in [1.82, 2.24) is 4.90 Å². The highest BCUT2D eigenvalue weighted by molar-refractivity contribution is 5.71. The number of likely N-dealkylation sites (tertiary alicyclic amines) is 1. The highest BCUT2D eigenvalue weighted by atomic mass is 19.4. The average Bonchev–Trinajstić information content (AvgIpc) is 2.77. The van der Waals surface area contributed by atoms with Crippen molar-refractivity contribution in [2.45, 2.75) is 19.6 Å². The molecule has 0 amide bonds. The molecule has 122 valence electrons. The first-order chi connectivity index (χ1) is 10.2.